The van der Waals surface area contributed by atoms with E-state index in [1.807, 2.05) is 18.2 Å². The first kappa shape index (κ1) is 23.4. The fourth-order valence-corrected chi connectivity index (χ4v) is 3.17. The third-order valence-electron chi connectivity index (χ3n) is 4.25. The lowest BCUT2D eigenvalue weighted by Crippen LogP contribution is -2.46. The van der Waals surface area contributed by atoms with Crippen LogP contribution >= 0.6 is 35.6 Å². The maximum Gasteiger partial charge on any atom is 0.191 e. The molecule has 0 bridgehead atoms. The normalized spacial score (nSPS) is 16.7. The van der Waals surface area contributed by atoms with Crippen molar-refractivity contribution in [2.75, 3.05) is 60.2 Å². The Morgan fingerprint density at radius 3 is 2.69 bits per heavy atom. The molecule has 1 aromatic carbocycles. The maximum atomic E-state index is 6.46. The van der Waals surface area contributed by atoms with Crippen LogP contribution in [0.5, 0.6) is 0 Å². The zero-order valence-corrected chi connectivity index (χ0v) is 18.6. The summed E-state index contributed by atoms with van der Waals surface area (Å²) < 4.78 is 10.6. The van der Waals surface area contributed by atoms with Crippen LogP contribution in [0.1, 0.15) is 18.0 Å². The Morgan fingerprint density at radius 2 is 2.04 bits per heavy atom. The topological polar surface area (TPSA) is 58.1 Å². The first-order chi connectivity index (χ1) is 12.3. The van der Waals surface area contributed by atoms with Crippen LogP contribution in [0.25, 0.3) is 0 Å². The highest BCUT2D eigenvalue weighted by Crippen LogP contribution is 2.27. The number of benzene rings is 1. The molecule has 0 aliphatic carbocycles. The predicted octanol–water partition coefficient (Wildman–Crippen LogP) is 2.53. The predicted molar refractivity (Wildman–Crippen MR) is 118 cm³/mol. The molecule has 26 heavy (non-hydrogen) atoms. The van der Waals surface area contributed by atoms with Gasteiger partial charge in [-0.05, 0) is 18.1 Å². The van der Waals surface area contributed by atoms with Crippen molar-refractivity contribution >= 4 is 41.5 Å². The highest BCUT2D eigenvalue weighted by atomic mass is 127. The van der Waals surface area contributed by atoms with Gasteiger partial charge in [0, 0.05) is 52.0 Å². The summed E-state index contributed by atoms with van der Waals surface area (Å²) in [5.41, 5.74) is 1.13. The molecule has 0 radical (unpaired) electrons. The van der Waals surface area contributed by atoms with Gasteiger partial charge in [0.15, 0.2) is 5.96 Å². The van der Waals surface area contributed by atoms with E-state index < -0.39 is 0 Å². The number of nitrogens with one attached hydrogen (secondary N) is 2. The molecule has 6 nitrogen and oxygen atoms in total. The zero-order chi connectivity index (χ0) is 17.9. The van der Waals surface area contributed by atoms with Crippen LogP contribution in [0.3, 0.4) is 0 Å². The van der Waals surface area contributed by atoms with Crippen molar-refractivity contribution in [1.29, 1.82) is 0 Å². The summed E-state index contributed by atoms with van der Waals surface area (Å²) >= 11 is 6.46. The van der Waals surface area contributed by atoms with Crippen molar-refractivity contribution in [2.24, 2.45) is 4.99 Å². The Labute approximate surface area is 178 Å². The molecular formula is C18H30ClIN4O2. The minimum atomic E-state index is 0. The number of morpholine rings is 1. The van der Waals surface area contributed by atoms with E-state index in [1.54, 1.807) is 14.2 Å². The van der Waals surface area contributed by atoms with Crippen molar-refractivity contribution in [3.8, 4) is 0 Å². The van der Waals surface area contributed by atoms with Gasteiger partial charge in [0.25, 0.3) is 0 Å². The highest BCUT2D eigenvalue weighted by Gasteiger charge is 2.24. The molecule has 8 heteroatoms. The number of aliphatic imine (C=N–C) groups is 1. The van der Waals surface area contributed by atoms with Gasteiger partial charge in [-0.25, -0.2) is 0 Å². The number of hydrogen-bond donors (Lipinski definition) is 2. The largest absolute Gasteiger partial charge is 0.385 e. The number of nitrogens with zero attached hydrogens (tertiary/aromatic N) is 2. The SMILES string of the molecule is CN=C(NCCCOC)NCC(c1ccccc1Cl)N1CCOCC1.I. The van der Waals surface area contributed by atoms with Gasteiger partial charge in [0.05, 0.1) is 19.3 Å². The summed E-state index contributed by atoms with van der Waals surface area (Å²) in [6.07, 6.45) is 0.939. The van der Waals surface area contributed by atoms with Crippen molar-refractivity contribution in [3.05, 3.63) is 34.9 Å². The molecular weight excluding hydrogens is 467 g/mol. The van der Waals surface area contributed by atoms with Crippen molar-refractivity contribution in [3.63, 3.8) is 0 Å². The molecule has 1 heterocycles. The van der Waals surface area contributed by atoms with Gasteiger partial charge in [-0.3, -0.25) is 9.89 Å². The lowest BCUT2D eigenvalue weighted by Gasteiger charge is -2.35. The van der Waals surface area contributed by atoms with E-state index in [1.165, 1.54) is 0 Å². The summed E-state index contributed by atoms with van der Waals surface area (Å²) in [5.74, 6) is 0.793. The zero-order valence-electron chi connectivity index (χ0n) is 15.5. The third-order valence-corrected chi connectivity index (χ3v) is 4.60. The molecule has 1 aliphatic rings. The number of hydrogen-bond acceptors (Lipinski definition) is 4. The van der Waals surface area contributed by atoms with Gasteiger partial charge in [-0.2, -0.15) is 0 Å². The Hall–Kier alpha value is -0.610. The van der Waals surface area contributed by atoms with Gasteiger partial charge >= 0.3 is 0 Å². The van der Waals surface area contributed by atoms with Gasteiger partial charge in [0.2, 0.25) is 0 Å². The number of halogens is 2. The van der Waals surface area contributed by atoms with Gasteiger partial charge in [-0.15, -0.1) is 24.0 Å². The van der Waals surface area contributed by atoms with E-state index in [-0.39, 0.29) is 30.0 Å². The summed E-state index contributed by atoms with van der Waals surface area (Å²) in [6.45, 7) is 5.60. The molecule has 0 aromatic heterocycles. The first-order valence-corrected chi connectivity index (χ1v) is 9.13. The fraction of sp³-hybridized carbons (Fsp3) is 0.611. The monoisotopic (exact) mass is 496 g/mol. The van der Waals surface area contributed by atoms with Crippen LogP contribution < -0.4 is 10.6 Å². The first-order valence-electron chi connectivity index (χ1n) is 8.76. The Kier molecular flexibility index (Phi) is 12.2. The minimum Gasteiger partial charge on any atom is -0.385 e. The average Bonchev–Trinajstić information content (AvgIpc) is 2.65. The molecule has 0 amide bonds. The molecule has 1 aliphatic heterocycles. The smallest absolute Gasteiger partial charge is 0.191 e. The number of ether oxygens (including phenoxy) is 2. The second-order valence-corrected chi connectivity index (χ2v) is 6.32. The summed E-state index contributed by atoms with van der Waals surface area (Å²) in [7, 11) is 3.49. The quantitative estimate of drug-likeness (QED) is 0.251. The summed E-state index contributed by atoms with van der Waals surface area (Å²) in [4.78, 5) is 6.71. The average molecular weight is 497 g/mol. The standard InChI is InChI=1S/C18H29ClN4O2.HI/c1-20-18(21-8-5-11-24-2)22-14-17(23-9-12-25-13-10-23)15-6-3-4-7-16(15)19;/h3-4,6-7,17H,5,8-14H2,1-2H3,(H2,20,21,22);1H. The van der Waals surface area contributed by atoms with Crippen molar-refractivity contribution in [1.82, 2.24) is 15.5 Å². The second kappa shape index (κ2) is 13.5. The van der Waals surface area contributed by atoms with E-state index in [0.717, 1.165) is 69.0 Å². The Balaban J connectivity index is 0.00000338. The lowest BCUT2D eigenvalue weighted by molar-refractivity contribution is 0.0170. The van der Waals surface area contributed by atoms with Crippen LogP contribution in [0, 0.1) is 0 Å². The van der Waals surface area contributed by atoms with E-state index in [4.69, 9.17) is 21.1 Å². The molecule has 1 fully saturated rings. The van der Waals surface area contributed by atoms with Crippen molar-refractivity contribution < 1.29 is 9.47 Å². The van der Waals surface area contributed by atoms with E-state index in [0.29, 0.717) is 0 Å². The Morgan fingerprint density at radius 1 is 1.31 bits per heavy atom. The molecule has 0 saturated carbocycles. The maximum absolute atomic E-state index is 6.46. The molecule has 2 rings (SSSR count). The number of rotatable bonds is 8. The van der Waals surface area contributed by atoms with E-state index in [9.17, 15) is 0 Å². The van der Waals surface area contributed by atoms with E-state index >= 15 is 0 Å². The molecule has 1 unspecified atom stereocenters. The minimum absolute atomic E-state index is 0. The van der Waals surface area contributed by atoms with Crippen molar-refractivity contribution in [2.45, 2.75) is 12.5 Å². The molecule has 148 valence electrons. The summed E-state index contributed by atoms with van der Waals surface area (Å²) in [5, 5.41) is 7.53. The molecule has 1 saturated heterocycles. The summed E-state index contributed by atoms with van der Waals surface area (Å²) in [6, 6.07) is 8.22. The molecule has 1 atom stereocenters. The van der Waals surface area contributed by atoms with Crippen LogP contribution in [-0.2, 0) is 9.47 Å². The van der Waals surface area contributed by atoms with Crippen LogP contribution in [0.2, 0.25) is 5.02 Å². The van der Waals surface area contributed by atoms with E-state index in [2.05, 4.69) is 26.6 Å². The molecule has 2 N–H and O–H groups in total. The number of guanidine groups is 1. The number of methoxy groups -OCH3 is 1. The van der Waals surface area contributed by atoms with Crippen LogP contribution in [0.4, 0.5) is 0 Å². The van der Waals surface area contributed by atoms with Crippen LogP contribution in [-0.4, -0.2) is 71.0 Å². The van der Waals surface area contributed by atoms with Gasteiger partial charge in [0.1, 0.15) is 0 Å². The highest BCUT2D eigenvalue weighted by molar-refractivity contribution is 14.0. The Bertz CT molecular complexity index is 542. The molecule has 0 spiro atoms. The fourth-order valence-electron chi connectivity index (χ4n) is 2.91. The second-order valence-electron chi connectivity index (χ2n) is 5.91. The van der Waals surface area contributed by atoms with Gasteiger partial charge in [-0.1, -0.05) is 29.8 Å². The van der Waals surface area contributed by atoms with Gasteiger partial charge < -0.3 is 20.1 Å². The lowest BCUT2D eigenvalue weighted by atomic mass is 10.0. The molecule has 1 aromatic rings. The third kappa shape index (κ3) is 7.56. The van der Waals surface area contributed by atoms with Crippen LogP contribution in [0.15, 0.2) is 29.3 Å².